The van der Waals surface area contributed by atoms with Gasteiger partial charge in [-0.2, -0.15) is 0 Å². The zero-order valence-corrected chi connectivity index (χ0v) is 13.4. The Balaban J connectivity index is 1.48. The topological polar surface area (TPSA) is 67.2 Å². The first-order chi connectivity index (χ1) is 11.3. The Kier molecular flexibility index (Phi) is 5.90. The Morgan fingerprint density at radius 3 is 2.91 bits per heavy atom. The van der Waals surface area contributed by atoms with Gasteiger partial charge in [0.2, 0.25) is 0 Å². The molecule has 2 saturated heterocycles. The normalized spacial score (nSPS) is 23.5. The quantitative estimate of drug-likeness (QED) is 0.892. The first kappa shape index (κ1) is 16.3. The summed E-state index contributed by atoms with van der Waals surface area (Å²) >= 11 is 0. The van der Waals surface area contributed by atoms with E-state index in [0.29, 0.717) is 19.7 Å². The summed E-state index contributed by atoms with van der Waals surface area (Å²) in [5.41, 5.74) is 0.967. The van der Waals surface area contributed by atoms with Gasteiger partial charge in [0, 0.05) is 51.4 Å². The predicted octanol–water partition coefficient (Wildman–Crippen LogP) is 0.912. The summed E-state index contributed by atoms with van der Waals surface area (Å²) in [6, 6.07) is 1.82. The lowest BCUT2D eigenvalue weighted by Gasteiger charge is -2.31. The highest BCUT2D eigenvalue weighted by atomic mass is 16.5. The lowest BCUT2D eigenvalue weighted by molar-refractivity contribution is -0.0101. The molecule has 3 rings (SSSR count). The fraction of sp³-hybridized carbons (Fsp3) is 0.688. The summed E-state index contributed by atoms with van der Waals surface area (Å²) in [6.07, 6.45) is 4.20. The van der Waals surface area contributed by atoms with Gasteiger partial charge in [-0.15, -0.1) is 0 Å². The number of nitrogens with one attached hydrogen (secondary N) is 1. The Labute approximate surface area is 136 Å². The Morgan fingerprint density at radius 2 is 2.13 bits per heavy atom. The molecule has 2 aliphatic heterocycles. The predicted molar refractivity (Wildman–Crippen MR) is 84.1 cm³/mol. The molecule has 1 N–H and O–H groups in total. The first-order valence-corrected chi connectivity index (χ1v) is 8.27. The number of nitrogens with zero attached hydrogens (tertiary/aromatic N) is 2. The van der Waals surface area contributed by atoms with Gasteiger partial charge in [0.05, 0.1) is 31.8 Å². The highest BCUT2D eigenvalue weighted by molar-refractivity contribution is 5.74. The first-order valence-electron chi connectivity index (χ1n) is 8.27. The maximum atomic E-state index is 12.4. The van der Waals surface area contributed by atoms with E-state index in [0.717, 1.165) is 51.4 Å². The number of urea groups is 1. The second-order valence-electron chi connectivity index (χ2n) is 6.00. The molecule has 0 aliphatic carbocycles. The summed E-state index contributed by atoms with van der Waals surface area (Å²) in [5, 5.41) is 2.94. The van der Waals surface area contributed by atoms with Gasteiger partial charge in [0.25, 0.3) is 0 Å². The smallest absolute Gasteiger partial charge is 0.317 e. The number of morpholine rings is 1. The van der Waals surface area contributed by atoms with Gasteiger partial charge in [0.1, 0.15) is 0 Å². The number of rotatable bonds is 4. The van der Waals surface area contributed by atoms with Crippen molar-refractivity contribution < 1.29 is 18.7 Å². The fourth-order valence-corrected chi connectivity index (χ4v) is 2.94. The van der Waals surface area contributed by atoms with Crippen LogP contribution in [0.2, 0.25) is 0 Å². The van der Waals surface area contributed by atoms with Crippen molar-refractivity contribution in [1.82, 2.24) is 15.1 Å². The maximum Gasteiger partial charge on any atom is 0.317 e. The largest absolute Gasteiger partial charge is 0.472 e. The van der Waals surface area contributed by atoms with Crippen molar-refractivity contribution in [3.63, 3.8) is 0 Å². The van der Waals surface area contributed by atoms with Gasteiger partial charge < -0.3 is 24.1 Å². The number of hydrogen-bond acceptors (Lipinski definition) is 5. The Hall–Kier alpha value is -1.57. The lowest BCUT2D eigenvalue weighted by Crippen LogP contribution is -2.47. The van der Waals surface area contributed by atoms with E-state index < -0.39 is 0 Å². The van der Waals surface area contributed by atoms with E-state index in [1.807, 2.05) is 11.0 Å². The molecule has 0 spiro atoms. The van der Waals surface area contributed by atoms with Crippen LogP contribution in [-0.4, -0.2) is 74.5 Å². The number of carbonyl (C=O) groups is 1. The van der Waals surface area contributed by atoms with Crippen molar-refractivity contribution in [2.24, 2.45) is 0 Å². The van der Waals surface area contributed by atoms with Crippen LogP contribution < -0.4 is 5.32 Å². The average Bonchev–Trinajstić information content (AvgIpc) is 2.99. The highest BCUT2D eigenvalue weighted by Gasteiger charge is 2.25. The summed E-state index contributed by atoms with van der Waals surface area (Å²) in [5.74, 6) is 0. The third kappa shape index (κ3) is 4.95. The maximum absolute atomic E-state index is 12.4. The van der Waals surface area contributed by atoms with Crippen LogP contribution in [0.1, 0.15) is 12.0 Å². The Bertz CT molecular complexity index is 474. The van der Waals surface area contributed by atoms with Crippen LogP contribution in [0.3, 0.4) is 0 Å². The molecule has 0 radical (unpaired) electrons. The monoisotopic (exact) mass is 323 g/mol. The number of amides is 2. The van der Waals surface area contributed by atoms with Crippen molar-refractivity contribution in [3.8, 4) is 0 Å². The third-order valence-corrected chi connectivity index (χ3v) is 4.23. The van der Waals surface area contributed by atoms with Gasteiger partial charge in [-0.25, -0.2) is 4.79 Å². The number of carbonyl (C=O) groups excluding carboxylic acids is 1. The standard InChI is InChI=1S/C16H25N3O4/c20-16(17-10-14-2-7-22-13-14)19-3-1-6-23-15(12-19)11-18-4-8-21-9-5-18/h2,7,13,15H,1,3-6,8-12H2,(H,17,20)/t15-/m1/s1. The van der Waals surface area contributed by atoms with E-state index in [2.05, 4.69) is 10.2 Å². The van der Waals surface area contributed by atoms with Gasteiger partial charge in [0.15, 0.2) is 0 Å². The molecule has 2 amide bonds. The summed E-state index contributed by atoms with van der Waals surface area (Å²) in [6.45, 7) is 6.85. The van der Waals surface area contributed by atoms with Crippen LogP contribution in [-0.2, 0) is 16.0 Å². The summed E-state index contributed by atoms with van der Waals surface area (Å²) in [7, 11) is 0. The van der Waals surface area contributed by atoms with Crippen molar-refractivity contribution in [2.45, 2.75) is 19.1 Å². The molecule has 2 fully saturated rings. The van der Waals surface area contributed by atoms with Crippen LogP contribution in [0.15, 0.2) is 23.0 Å². The highest BCUT2D eigenvalue weighted by Crippen LogP contribution is 2.10. The summed E-state index contributed by atoms with van der Waals surface area (Å²) < 4.78 is 16.3. The molecule has 7 heteroatoms. The van der Waals surface area contributed by atoms with Crippen molar-refractivity contribution in [1.29, 1.82) is 0 Å². The van der Waals surface area contributed by atoms with Crippen LogP contribution in [0.5, 0.6) is 0 Å². The van der Waals surface area contributed by atoms with E-state index >= 15 is 0 Å². The Morgan fingerprint density at radius 1 is 1.26 bits per heavy atom. The van der Waals surface area contributed by atoms with Gasteiger partial charge in [-0.3, -0.25) is 4.90 Å². The molecule has 128 valence electrons. The molecular weight excluding hydrogens is 298 g/mol. The molecule has 0 bridgehead atoms. The van der Waals surface area contributed by atoms with Gasteiger partial charge >= 0.3 is 6.03 Å². The van der Waals surface area contributed by atoms with Crippen LogP contribution in [0.25, 0.3) is 0 Å². The van der Waals surface area contributed by atoms with Crippen LogP contribution in [0, 0.1) is 0 Å². The zero-order chi connectivity index (χ0) is 15.9. The van der Waals surface area contributed by atoms with Crippen LogP contribution in [0.4, 0.5) is 4.79 Å². The number of furan rings is 1. The lowest BCUT2D eigenvalue weighted by atomic mass is 10.2. The SMILES string of the molecule is O=C(NCc1ccoc1)N1CCCO[C@H](CN2CCOCC2)C1. The van der Waals surface area contributed by atoms with E-state index in [1.165, 1.54) is 0 Å². The minimum atomic E-state index is -0.0383. The molecule has 7 nitrogen and oxygen atoms in total. The van der Waals surface area contributed by atoms with E-state index in [-0.39, 0.29) is 12.1 Å². The molecule has 0 aromatic carbocycles. The molecule has 1 aromatic heterocycles. The molecular formula is C16H25N3O4. The molecule has 0 unspecified atom stereocenters. The second-order valence-corrected chi connectivity index (χ2v) is 6.00. The van der Waals surface area contributed by atoms with Crippen LogP contribution >= 0.6 is 0 Å². The minimum Gasteiger partial charge on any atom is -0.472 e. The third-order valence-electron chi connectivity index (χ3n) is 4.23. The molecule has 0 saturated carbocycles. The second kappa shape index (κ2) is 8.33. The van der Waals surface area contributed by atoms with E-state index in [9.17, 15) is 4.79 Å². The van der Waals surface area contributed by atoms with Crippen molar-refractivity contribution >= 4 is 6.03 Å². The van der Waals surface area contributed by atoms with E-state index in [4.69, 9.17) is 13.9 Å². The van der Waals surface area contributed by atoms with Crippen molar-refractivity contribution in [2.75, 3.05) is 52.5 Å². The minimum absolute atomic E-state index is 0.0383. The molecule has 2 aliphatic rings. The van der Waals surface area contributed by atoms with Crippen molar-refractivity contribution in [3.05, 3.63) is 24.2 Å². The number of ether oxygens (including phenoxy) is 2. The van der Waals surface area contributed by atoms with E-state index in [1.54, 1.807) is 12.5 Å². The molecule has 1 atom stereocenters. The van der Waals surface area contributed by atoms with Gasteiger partial charge in [-0.05, 0) is 12.5 Å². The summed E-state index contributed by atoms with van der Waals surface area (Å²) in [4.78, 5) is 16.6. The zero-order valence-electron chi connectivity index (χ0n) is 13.4. The molecule has 23 heavy (non-hydrogen) atoms. The molecule has 3 heterocycles. The average molecular weight is 323 g/mol. The van der Waals surface area contributed by atoms with Gasteiger partial charge in [-0.1, -0.05) is 0 Å². The fourth-order valence-electron chi connectivity index (χ4n) is 2.94. The molecule has 1 aromatic rings. The number of hydrogen-bond donors (Lipinski definition) is 1.